The van der Waals surface area contributed by atoms with Crippen LogP contribution in [0.3, 0.4) is 0 Å². The zero-order chi connectivity index (χ0) is 28.8. The van der Waals surface area contributed by atoms with Gasteiger partial charge in [-0.2, -0.15) is 0 Å². The van der Waals surface area contributed by atoms with Crippen molar-refractivity contribution < 1.29 is 9.53 Å². The highest BCUT2D eigenvalue weighted by Crippen LogP contribution is 2.38. The number of carbonyl (C=O) groups excluding carboxylic acids is 1. The molecule has 2 heterocycles. The molecule has 4 N–H and O–H groups in total. The van der Waals surface area contributed by atoms with Gasteiger partial charge in [0.2, 0.25) is 11.9 Å². The molecule has 0 atom stereocenters. The average molecular weight is 592 g/mol. The number of ether oxygens (including phenoxy) is 1. The van der Waals surface area contributed by atoms with Gasteiger partial charge in [0.25, 0.3) is 0 Å². The van der Waals surface area contributed by atoms with E-state index in [4.69, 9.17) is 27.1 Å². The number of rotatable bonds is 10. The standard InChI is InChI=1S/C30H34ClN7O2S/c1-38(2)15-16-40-25-12-11-22(18-23(25)31)35-30-33-14-13-24(36-30)27-26(37-29(32)41-27)20-9-6-10-21(17-20)34-28(39)19-7-4-3-5-8-19/h6,9-14,17-19H,3-5,7-8,15-16H2,1-2H3,(H2,32,37)(H,34,39)(H,33,35,36). The second-order valence-corrected chi connectivity index (χ2v) is 11.8. The van der Waals surface area contributed by atoms with Gasteiger partial charge in [-0.15, -0.1) is 0 Å². The molecule has 1 aliphatic rings. The van der Waals surface area contributed by atoms with Gasteiger partial charge < -0.3 is 26.0 Å². The molecule has 2 aromatic heterocycles. The lowest BCUT2D eigenvalue weighted by Crippen LogP contribution is -2.24. The van der Waals surface area contributed by atoms with Crippen molar-refractivity contribution in [2.75, 3.05) is 43.6 Å². The van der Waals surface area contributed by atoms with Gasteiger partial charge in [-0.05, 0) is 63.3 Å². The van der Waals surface area contributed by atoms with E-state index in [1.165, 1.54) is 17.8 Å². The first kappa shape index (κ1) is 28.8. The third kappa shape index (κ3) is 7.52. The van der Waals surface area contributed by atoms with E-state index in [1.54, 1.807) is 12.3 Å². The van der Waals surface area contributed by atoms with E-state index in [2.05, 4.69) is 20.6 Å². The van der Waals surface area contributed by atoms with Crippen molar-refractivity contribution in [1.82, 2.24) is 19.9 Å². The molecule has 4 aromatic rings. The number of halogens is 1. The van der Waals surface area contributed by atoms with Crippen molar-refractivity contribution in [3.63, 3.8) is 0 Å². The number of aromatic nitrogens is 3. The molecule has 1 saturated carbocycles. The number of hydrogen-bond acceptors (Lipinski definition) is 9. The number of thiazole rings is 1. The molecule has 41 heavy (non-hydrogen) atoms. The number of nitrogens with zero attached hydrogens (tertiary/aromatic N) is 4. The van der Waals surface area contributed by atoms with Crippen molar-refractivity contribution in [3.05, 3.63) is 59.8 Å². The van der Waals surface area contributed by atoms with Crippen molar-refractivity contribution in [2.24, 2.45) is 5.92 Å². The SMILES string of the molecule is CN(C)CCOc1ccc(Nc2nccc(-c3sc(N)nc3-c3cccc(NC(=O)C4CCCCC4)c3)n2)cc1Cl. The second kappa shape index (κ2) is 13.3. The predicted octanol–water partition coefficient (Wildman–Crippen LogP) is 6.71. The van der Waals surface area contributed by atoms with Gasteiger partial charge in [0.05, 0.1) is 21.3 Å². The Labute approximate surface area is 249 Å². The van der Waals surface area contributed by atoms with E-state index >= 15 is 0 Å². The molecule has 214 valence electrons. The van der Waals surface area contributed by atoms with Gasteiger partial charge in [-0.25, -0.2) is 15.0 Å². The van der Waals surface area contributed by atoms with Crippen LogP contribution in [0.5, 0.6) is 5.75 Å². The molecule has 0 unspecified atom stereocenters. The fourth-order valence-corrected chi connectivity index (χ4v) is 5.83. The fourth-order valence-electron chi connectivity index (χ4n) is 4.77. The first-order valence-corrected chi connectivity index (χ1v) is 14.9. The lowest BCUT2D eigenvalue weighted by molar-refractivity contribution is -0.120. The second-order valence-electron chi connectivity index (χ2n) is 10.3. The van der Waals surface area contributed by atoms with E-state index in [9.17, 15) is 4.79 Å². The molecule has 1 fully saturated rings. The summed E-state index contributed by atoms with van der Waals surface area (Å²) in [6, 6.07) is 15.0. The Morgan fingerprint density at radius 2 is 1.93 bits per heavy atom. The van der Waals surface area contributed by atoms with Crippen LogP contribution in [0.2, 0.25) is 5.02 Å². The Hall–Kier alpha value is -3.73. The minimum absolute atomic E-state index is 0.0755. The molecule has 9 nitrogen and oxygen atoms in total. The minimum atomic E-state index is 0.0755. The van der Waals surface area contributed by atoms with Crippen LogP contribution in [0.15, 0.2) is 54.7 Å². The van der Waals surface area contributed by atoms with E-state index in [0.29, 0.717) is 39.8 Å². The summed E-state index contributed by atoms with van der Waals surface area (Å²) in [5.41, 5.74) is 9.87. The molecule has 1 aliphatic carbocycles. The number of hydrogen-bond donors (Lipinski definition) is 3. The lowest BCUT2D eigenvalue weighted by Gasteiger charge is -2.20. The Bertz CT molecular complexity index is 1500. The molecule has 0 bridgehead atoms. The normalized spacial score (nSPS) is 13.8. The van der Waals surface area contributed by atoms with Crippen LogP contribution < -0.4 is 21.1 Å². The molecule has 5 rings (SSSR count). The summed E-state index contributed by atoms with van der Waals surface area (Å²) in [5, 5.41) is 7.24. The maximum atomic E-state index is 12.8. The Balaban J connectivity index is 1.33. The van der Waals surface area contributed by atoms with Gasteiger partial charge in [0.15, 0.2) is 5.13 Å². The number of nitrogens with one attached hydrogen (secondary N) is 2. The smallest absolute Gasteiger partial charge is 0.227 e. The average Bonchev–Trinajstić information content (AvgIpc) is 3.36. The Morgan fingerprint density at radius 3 is 2.71 bits per heavy atom. The summed E-state index contributed by atoms with van der Waals surface area (Å²) in [6.45, 7) is 1.33. The van der Waals surface area contributed by atoms with Crippen molar-refractivity contribution in [3.8, 4) is 27.6 Å². The monoisotopic (exact) mass is 591 g/mol. The third-order valence-electron chi connectivity index (χ3n) is 6.90. The Morgan fingerprint density at radius 1 is 1.10 bits per heavy atom. The molecule has 2 aromatic carbocycles. The van der Waals surface area contributed by atoms with Crippen LogP contribution in [0, 0.1) is 5.92 Å². The van der Waals surface area contributed by atoms with E-state index < -0.39 is 0 Å². The minimum Gasteiger partial charge on any atom is -0.491 e. The maximum Gasteiger partial charge on any atom is 0.227 e. The topological polar surface area (TPSA) is 118 Å². The highest BCUT2D eigenvalue weighted by molar-refractivity contribution is 7.19. The van der Waals surface area contributed by atoms with Crippen molar-refractivity contribution in [1.29, 1.82) is 0 Å². The van der Waals surface area contributed by atoms with Crippen LogP contribution in [0.25, 0.3) is 21.8 Å². The number of amides is 1. The summed E-state index contributed by atoms with van der Waals surface area (Å²) in [5.74, 6) is 1.19. The fraction of sp³-hybridized carbons (Fsp3) is 0.333. The number of nitrogens with two attached hydrogens (primary N) is 1. The first-order valence-electron chi connectivity index (χ1n) is 13.7. The number of benzene rings is 2. The maximum absolute atomic E-state index is 12.8. The quantitative estimate of drug-likeness (QED) is 0.186. The first-order chi connectivity index (χ1) is 19.9. The van der Waals surface area contributed by atoms with Crippen LogP contribution in [0.4, 0.5) is 22.5 Å². The summed E-state index contributed by atoms with van der Waals surface area (Å²) < 4.78 is 5.77. The van der Waals surface area contributed by atoms with Gasteiger partial charge in [-0.3, -0.25) is 4.79 Å². The molecule has 1 amide bonds. The summed E-state index contributed by atoms with van der Waals surface area (Å²) in [7, 11) is 3.98. The van der Waals surface area contributed by atoms with Crippen LogP contribution in [-0.4, -0.2) is 53.0 Å². The molecule has 0 saturated heterocycles. The molecular weight excluding hydrogens is 558 g/mol. The van der Waals surface area contributed by atoms with Crippen LogP contribution >= 0.6 is 22.9 Å². The lowest BCUT2D eigenvalue weighted by atomic mass is 9.88. The largest absolute Gasteiger partial charge is 0.491 e. The van der Waals surface area contributed by atoms with Crippen LogP contribution in [-0.2, 0) is 4.79 Å². The molecule has 0 spiro atoms. The summed E-state index contributed by atoms with van der Waals surface area (Å²) >= 11 is 7.81. The summed E-state index contributed by atoms with van der Waals surface area (Å²) in [6.07, 6.45) is 7.01. The number of likely N-dealkylation sites (N-methyl/N-ethyl adjacent to an activating group) is 1. The van der Waals surface area contributed by atoms with E-state index in [1.807, 2.05) is 61.5 Å². The molecule has 0 radical (unpaired) electrons. The van der Waals surface area contributed by atoms with E-state index in [-0.39, 0.29) is 11.8 Å². The highest BCUT2D eigenvalue weighted by Gasteiger charge is 2.22. The molecule has 0 aliphatic heterocycles. The predicted molar refractivity (Wildman–Crippen MR) is 167 cm³/mol. The number of anilines is 4. The van der Waals surface area contributed by atoms with Crippen LogP contribution in [0.1, 0.15) is 32.1 Å². The number of nitrogen functional groups attached to an aromatic ring is 1. The van der Waals surface area contributed by atoms with Gasteiger partial charge in [0, 0.05) is 35.6 Å². The highest BCUT2D eigenvalue weighted by atomic mass is 35.5. The molecular formula is C30H34ClN7O2S. The van der Waals surface area contributed by atoms with Crippen molar-refractivity contribution >= 4 is 51.3 Å². The van der Waals surface area contributed by atoms with Gasteiger partial charge in [-0.1, -0.05) is 54.3 Å². The zero-order valence-corrected chi connectivity index (χ0v) is 24.8. The summed E-state index contributed by atoms with van der Waals surface area (Å²) in [4.78, 5) is 29.4. The molecule has 11 heteroatoms. The third-order valence-corrected chi connectivity index (χ3v) is 8.10. The Kier molecular flexibility index (Phi) is 9.33. The van der Waals surface area contributed by atoms with Gasteiger partial charge in [0.1, 0.15) is 12.4 Å². The van der Waals surface area contributed by atoms with E-state index in [0.717, 1.165) is 54.0 Å². The number of carbonyl (C=O) groups is 1. The van der Waals surface area contributed by atoms with Crippen molar-refractivity contribution in [2.45, 2.75) is 32.1 Å². The van der Waals surface area contributed by atoms with Gasteiger partial charge >= 0.3 is 0 Å². The zero-order valence-electron chi connectivity index (χ0n) is 23.2.